The maximum absolute atomic E-state index is 9.36. The first-order chi connectivity index (χ1) is 27.1. The Morgan fingerprint density at radius 3 is 1.35 bits per heavy atom. The van der Waals surface area contributed by atoms with E-state index in [2.05, 4.69) is 42.5 Å². The molecule has 15 heteroatoms. The molecule has 3 N–H and O–H groups in total. The number of aliphatic hydroxyl groups excluding tert-OH is 1. The molecule has 0 aromatic carbocycles. The molecule has 2 fully saturated rings. The minimum atomic E-state index is 0.0778. The lowest BCUT2D eigenvalue weighted by atomic mass is 10.1. The third kappa shape index (κ3) is 10.2. The number of aliphatic hydroxyl groups is 1. The van der Waals surface area contributed by atoms with Crippen molar-refractivity contribution in [1.29, 1.82) is 10.5 Å². The molecule has 8 heterocycles. The Balaban J connectivity index is 0.000000175. The molecule has 0 saturated carbocycles. The van der Waals surface area contributed by atoms with E-state index in [1.165, 1.54) is 38.5 Å². The average molecular weight is 751 g/mol. The van der Waals surface area contributed by atoms with E-state index in [9.17, 15) is 10.5 Å². The maximum Gasteiger partial charge on any atom is 0.266 e. The fourth-order valence-corrected chi connectivity index (χ4v) is 6.66. The summed E-state index contributed by atoms with van der Waals surface area (Å²) in [7, 11) is 0. The standard InChI is InChI=1S/2C19H20N4O3.C2H6O/c2*20-12-14-18(26-19(22-14)17-7-5-11-25-17)21-13-15(16-6-4-10-24-16)23-8-2-1-3-9-23;1-2-3/h2*4-7,10-11,15,21H,1-3,8-9,13H2;3H,2H2,1H3. The summed E-state index contributed by atoms with van der Waals surface area (Å²) in [5, 5.41) is 32.8. The molecule has 6 aromatic heterocycles. The highest BCUT2D eigenvalue weighted by molar-refractivity contribution is 5.55. The van der Waals surface area contributed by atoms with Crippen LogP contribution in [0.3, 0.4) is 0 Å². The molecule has 2 saturated heterocycles. The van der Waals surface area contributed by atoms with Crippen LogP contribution in [0.5, 0.6) is 0 Å². The van der Waals surface area contributed by atoms with Crippen LogP contribution >= 0.6 is 0 Å². The lowest BCUT2D eigenvalue weighted by molar-refractivity contribution is 0.152. The van der Waals surface area contributed by atoms with Crippen LogP contribution in [-0.2, 0) is 0 Å². The Hall–Kier alpha value is -6.00. The molecule has 0 amide bonds. The monoisotopic (exact) mass is 750 g/mol. The van der Waals surface area contributed by atoms with E-state index in [1.54, 1.807) is 56.2 Å². The summed E-state index contributed by atoms with van der Waals surface area (Å²) in [5.41, 5.74) is 0.432. The van der Waals surface area contributed by atoms with Crippen LogP contribution in [0.1, 0.15) is 80.4 Å². The van der Waals surface area contributed by atoms with Gasteiger partial charge >= 0.3 is 0 Å². The molecule has 6 aromatic rings. The van der Waals surface area contributed by atoms with E-state index in [0.29, 0.717) is 48.2 Å². The molecule has 2 aliphatic rings. The van der Waals surface area contributed by atoms with Crippen molar-refractivity contribution in [3.8, 4) is 35.4 Å². The average Bonchev–Trinajstić information content (AvgIpc) is 4.08. The van der Waals surface area contributed by atoms with Crippen LogP contribution in [0.2, 0.25) is 0 Å². The number of piperidine rings is 2. The van der Waals surface area contributed by atoms with Crippen molar-refractivity contribution in [2.75, 3.05) is 56.5 Å². The van der Waals surface area contributed by atoms with E-state index < -0.39 is 0 Å². The second-order valence-corrected chi connectivity index (χ2v) is 12.9. The van der Waals surface area contributed by atoms with Gasteiger partial charge in [-0.05, 0) is 107 Å². The zero-order valence-corrected chi connectivity index (χ0v) is 30.9. The smallest absolute Gasteiger partial charge is 0.266 e. The zero-order chi connectivity index (χ0) is 38.2. The summed E-state index contributed by atoms with van der Waals surface area (Å²) in [5.74, 6) is 4.09. The summed E-state index contributed by atoms with van der Waals surface area (Å²) in [6.45, 7) is 7.20. The first-order valence-corrected chi connectivity index (χ1v) is 18.6. The zero-order valence-electron chi connectivity index (χ0n) is 30.9. The molecule has 0 radical (unpaired) electrons. The molecule has 2 unspecified atom stereocenters. The highest BCUT2D eigenvalue weighted by Crippen LogP contribution is 2.31. The van der Waals surface area contributed by atoms with Crippen molar-refractivity contribution in [3.05, 3.63) is 96.5 Å². The second kappa shape index (κ2) is 19.9. The molecule has 0 aliphatic carbocycles. The van der Waals surface area contributed by atoms with Crippen molar-refractivity contribution in [2.24, 2.45) is 0 Å². The van der Waals surface area contributed by atoms with Gasteiger partial charge in [0.15, 0.2) is 11.5 Å². The lowest BCUT2D eigenvalue weighted by Crippen LogP contribution is -2.37. The normalized spacial score (nSPS) is 15.7. The van der Waals surface area contributed by atoms with Crippen LogP contribution in [0.4, 0.5) is 11.8 Å². The number of nitrogens with one attached hydrogen (secondary N) is 2. The maximum atomic E-state index is 9.36. The number of likely N-dealkylation sites (tertiary alicyclic amines) is 2. The Bertz CT molecular complexity index is 1880. The van der Waals surface area contributed by atoms with Gasteiger partial charge in [0.05, 0.1) is 37.1 Å². The largest absolute Gasteiger partial charge is 0.468 e. The van der Waals surface area contributed by atoms with Gasteiger partial charge in [0, 0.05) is 19.7 Å². The van der Waals surface area contributed by atoms with E-state index in [4.69, 9.17) is 31.6 Å². The molecule has 0 bridgehead atoms. The fourth-order valence-electron chi connectivity index (χ4n) is 6.66. The van der Waals surface area contributed by atoms with Crippen LogP contribution in [0.25, 0.3) is 23.3 Å². The van der Waals surface area contributed by atoms with Gasteiger partial charge < -0.3 is 42.2 Å². The van der Waals surface area contributed by atoms with Crippen LogP contribution < -0.4 is 10.6 Å². The fraction of sp³-hybridized carbons (Fsp3) is 0.400. The third-order valence-electron chi connectivity index (χ3n) is 9.25. The van der Waals surface area contributed by atoms with Gasteiger partial charge in [-0.15, -0.1) is 0 Å². The number of rotatable bonds is 12. The summed E-state index contributed by atoms with van der Waals surface area (Å²) in [6.07, 6.45) is 13.7. The van der Waals surface area contributed by atoms with Crippen molar-refractivity contribution in [3.63, 3.8) is 0 Å². The molecule has 2 atom stereocenters. The van der Waals surface area contributed by atoms with Gasteiger partial charge in [0.1, 0.15) is 23.7 Å². The van der Waals surface area contributed by atoms with Crippen LogP contribution in [0, 0.1) is 22.7 Å². The number of aromatic nitrogens is 2. The lowest BCUT2D eigenvalue weighted by Gasteiger charge is -2.33. The number of anilines is 2. The van der Waals surface area contributed by atoms with Gasteiger partial charge in [-0.1, -0.05) is 12.8 Å². The Morgan fingerprint density at radius 1 is 0.636 bits per heavy atom. The molecule has 8 rings (SSSR count). The van der Waals surface area contributed by atoms with Gasteiger partial charge in [0.25, 0.3) is 11.8 Å². The van der Waals surface area contributed by atoms with E-state index >= 15 is 0 Å². The summed E-state index contributed by atoms with van der Waals surface area (Å²) in [4.78, 5) is 13.2. The first-order valence-electron chi connectivity index (χ1n) is 18.6. The summed E-state index contributed by atoms with van der Waals surface area (Å²) in [6, 6.07) is 19.1. The molecule has 2 aliphatic heterocycles. The molecule has 0 spiro atoms. The Morgan fingerprint density at radius 2 is 1.02 bits per heavy atom. The van der Waals surface area contributed by atoms with Crippen molar-refractivity contribution in [2.45, 2.75) is 57.5 Å². The minimum Gasteiger partial charge on any atom is -0.468 e. The first kappa shape index (κ1) is 38.7. The molecule has 288 valence electrons. The van der Waals surface area contributed by atoms with Crippen molar-refractivity contribution in [1.82, 2.24) is 19.8 Å². The number of nitriles is 2. The SMILES string of the molecule is CCO.N#Cc1nc(-c2ccco2)oc1NCC(c1ccco1)N1CCCCC1.N#Cc1nc(-c2ccco2)oc1NCC(c1ccco1)N1CCCCC1. The number of hydrogen-bond donors (Lipinski definition) is 3. The predicted molar refractivity (Wildman–Crippen MR) is 201 cm³/mol. The molecule has 55 heavy (non-hydrogen) atoms. The summed E-state index contributed by atoms with van der Waals surface area (Å²) >= 11 is 0. The summed E-state index contributed by atoms with van der Waals surface area (Å²) < 4.78 is 33.3. The minimum absolute atomic E-state index is 0.0778. The Labute approximate surface area is 319 Å². The predicted octanol–water partition coefficient (Wildman–Crippen LogP) is 8.08. The van der Waals surface area contributed by atoms with Gasteiger partial charge in [0.2, 0.25) is 23.2 Å². The highest BCUT2D eigenvalue weighted by Gasteiger charge is 2.27. The third-order valence-corrected chi connectivity index (χ3v) is 9.25. The van der Waals surface area contributed by atoms with Crippen LogP contribution in [-0.4, -0.2) is 70.7 Å². The van der Waals surface area contributed by atoms with E-state index in [1.807, 2.05) is 24.3 Å². The molecular weight excluding hydrogens is 704 g/mol. The van der Waals surface area contributed by atoms with Gasteiger partial charge in [-0.25, -0.2) is 0 Å². The van der Waals surface area contributed by atoms with Crippen molar-refractivity contribution >= 4 is 11.8 Å². The highest BCUT2D eigenvalue weighted by atomic mass is 16.4. The van der Waals surface area contributed by atoms with Crippen molar-refractivity contribution < 1.29 is 31.6 Å². The molecule has 15 nitrogen and oxygen atoms in total. The number of oxazole rings is 2. The number of hydrogen-bond acceptors (Lipinski definition) is 15. The number of furan rings is 4. The number of nitrogens with zero attached hydrogens (tertiary/aromatic N) is 6. The van der Waals surface area contributed by atoms with E-state index in [-0.39, 0.29) is 30.1 Å². The second-order valence-electron chi connectivity index (χ2n) is 12.9. The van der Waals surface area contributed by atoms with Gasteiger partial charge in [-0.2, -0.15) is 20.5 Å². The Kier molecular flexibility index (Phi) is 14.0. The molecular formula is C40H46N8O7. The van der Waals surface area contributed by atoms with E-state index in [0.717, 1.165) is 37.7 Å². The van der Waals surface area contributed by atoms with Gasteiger partial charge in [-0.3, -0.25) is 9.80 Å². The van der Waals surface area contributed by atoms with Crippen LogP contribution in [0.15, 0.2) is 100 Å². The topological polar surface area (TPSA) is 203 Å². The quantitative estimate of drug-likeness (QED) is 0.108.